The molecule has 1 aromatic heterocycles. The number of imidazole rings is 1. The van der Waals surface area contributed by atoms with Crippen molar-refractivity contribution in [3.63, 3.8) is 0 Å². The Bertz CT molecular complexity index is 600. The van der Waals surface area contributed by atoms with E-state index in [9.17, 15) is 4.79 Å². The number of rotatable bonds is 3. The Hall–Kier alpha value is -2.63. The van der Waals surface area contributed by atoms with Gasteiger partial charge in [0.15, 0.2) is 0 Å². The first kappa shape index (κ1) is 13.8. The molecule has 0 bridgehead atoms. The maximum atomic E-state index is 11.0. The van der Waals surface area contributed by atoms with Crippen molar-refractivity contribution in [3.8, 4) is 11.4 Å². The lowest BCUT2D eigenvalue weighted by Crippen LogP contribution is -2.10. The smallest absolute Gasteiger partial charge is 0.290 e. The van der Waals surface area contributed by atoms with Crippen molar-refractivity contribution in [2.75, 3.05) is 0 Å². The van der Waals surface area contributed by atoms with E-state index in [4.69, 9.17) is 15.6 Å². The van der Waals surface area contributed by atoms with Crippen LogP contribution in [0.5, 0.6) is 0 Å². The molecule has 0 aliphatic heterocycles. The number of amides is 1. The third-order valence-electron chi connectivity index (χ3n) is 3.04. The van der Waals surface area contributed by atoms with Crippen LogP contribution in [0.1, 0.15) is 29.2 Å². The fourth-order valence-corrected chi connectivity index (χ4v) is 1.97. The van der Waals surface area contributed by atoms with Crippen LogP contribution in [-0.2, 0) is 4.79 Å². The van der Waals surface area contributed by atoms with Crippen molar-refractivity contribution in [1.82, 2.24) is 9.55 Å². The van der Waals surface area contributed by atoms with E-state index in [1.807, 2.05) is 24.5 Å². The van der Waals surface area contributed by atoms with Crippen LogP contribution in [0.2, 0.25) is 0 Å². The molecule has 0 saturated heterocycles. The lowest BCUT2D eigenvalue weighted by Gasteiger charge is -2.06. The molecule has 3 N–H and O–H groups in total. The van der Waals surface area contributed by atoms with E-state index in [1.165, 1.54) is 12.8 Å². The van der Waals surface area contributed by atoms with E-state index in [-0.39, 0.29) is 6.47 Å². The van der Waals surface area contributed by atoms with Gasteiger partial charge in [0, 0.05) is 29.6 Å². The van der Waals surface area contributed by atoms with Gasteiger partial charge in [0.1, 0.15) is 5.82 Å². The van der Waals surface area contributed by atoms with Gasteiger partial charge in [-0.1, -0.05) is 12.1 Å². The SMILES string of the molecule is NC(=O)c1ccc(-c2nccn2C2CC2)cc1.O=CO. The summed E-state index contributed by atoms with van der Waals surface area (Å²) < 4.78 is 2.19. The van der Waals surface area contributed by atoms with Gasteiger partial charge in [-0.3, -0.25) is 9.59 Å². The second-order valence-corrected chi connectivity index (χ2v) is 4.44. The van der Waals surface area contributed by atoms with Gasteiger partial charge in [-0.05, 0) is 25.0 Å². The highest BCUT2D eigenvalue weighted by Crippen LogP contribution is 2.37. The normalized spacial score (nSPS) is 13.2. The van der Waals surface area contributed by atoms with Crippen LogP contribution in [0.3, 0.4) is 0 Å². The second-order valence-electron chi connectivity index (χ2n) is 4.44. The molecule has 1 amide bonds. The summed E-state index contributed by atoms with van der Waals surface area (Å²) in [6, 6.07) is 7.86. The average Bonchev–Trinajstić information content (AvgIpc) is 3.17. The molecule has 6 nitrogen and oxygen atoms in total. The molecule has 6 heteroatoms. The molecule has 1 aliphatic rings. The average molecular weight is 273 g/mol. The Kier molecular flexibility index (Phi) is 4.14. The van der Waals surface area contributed by atoms with Gasteiger partial charge in [-0.2, -0.15) is 0 Å². The third-order valence-corrected chi connectivity index (χ3v) is 3.04. The molecular weight excluding hydrogens is 258 g/mol. The summed E-state index contributed by atoms with van der Waals surface area (Å²) >= 11 is 0. The number of carboxylic acid groups (broad SMARTS) is 1. The van der Waals surface area contributed by atoms with Crippen LogP contribution >= 0.6 is 0 Å². The number of benzene rings is 1. The quantitative estimate of drug-likeness (QED) is 0.831. The first-order valence-corrected chi connectivity index (χ1v) is 6.18. The highest BCUT2D eigenvalue weighted by atomic mass is 16.3. The van der Waals surface area contributed by atoms with Crippen molar-refractivity contribution >= 4 is 12.4 Å². The first-order chi connectivity index (χ1) is 9.67. The van der Waals surface area contributed by atoms with Crippen molar-refractivity contribution < 1.29 is 14.7 Å². The van der Waals surface area contributed by atoms with Crippen molar-refractivity contribution in [1.29, 1.82) is 0 Å². The largest absolute Gasteiger partial charge is 0.483 e. The van der Waals surface area contributed by atoms with Crippen LogP contribution < -0.4 is 5.73 Å². The molecular formula is C14H15N3O3. The number of nitrogens with two attached hydrogens (primary N) is 1. The summed E-state index contributed by atoms with van der Waals surface area (Å²) in [6.07, 6.45) is 6.27. The zero-order valence-electron chi connectivity index (χ0n) is 10.8. The van der Waals surface area contributed by atoms with Gasteiger partial charge in [0.2, 0.25) is 5.91 Å². The fourth-order valence-electron chi connectivity index (χ4n) is 1.97. The molecule has 0 spiro atoms. The molecule has 1 saturated carbocycles. The summed E-state index contributed by atoms with van der Waals surface area (Å²) in [5.74, 6) is 0.561. The predicted octanol–water partition coefficient (Wildman–Crippen LogP) is 1.68. The van der Waals surface area contributed by atoms with Gasteiger partial charge in [0.05, 0.1) is 0 Å². The Balaban J connectivity index is 0.000000452. The molecule has 1 aromatic carbocycles. The number of hydrogen-bond acceptors (Lipinski definition) is 3. The Morgan fingerprint density at radius 3 is 2.45 bits per heavy atom. The van der Waals surface area contributed by atoms with E-state index >= 15 is 0 Å². The Morgan fingerprint density at radius 1 is 1.35 bits per heavy atom. The maximum absolute atomic E-state index is 11.0. The minimum Gasteiger partial charge on any atom is -0.483 e. The number of aromatic nitrogens is 2. The van der Waals surface area contributed by atoms with E-state index in [0.29, 0.717) is 11.6 Å². The number of hydrogen-bond donors (Lipinski definition) is 2. The van der Waals surface area contributed by atoms with E-state index in [2.05, 4.69) is 9.55 Å². The molecule has 1 aliphatic carbocycles. The van der Waals surface area contributed by atoms with Gasteiger partial charge >= 0.3 is 0 Å². The lowest BCUT2D eigenvalue weighted by molar-refractivity contribution is -0.122. The van der Waals surface area contributed by atoms with Gasteiger partial charge < -0.3 is 15.4 Å². The fraction of sp³-hybridized carbons (Fsp3) is 0.214. The predicted molar refractivity (Wildman–Crippen MR) is 73.1 cm³/mol. The molecule has 104 valence electrons. The number of nitrogens with zero attached hydrogens (tertiary/aromatic N) is 2. The molecule has 0 radical (unpaired) electrons. The Labute approximate surface area is 115 Å². The molecule has 1 heterocycles. The standard InChI is InChI=1S/C13H13N3O.CH2O2/c14-12(17)9-1-3-10(4-2-9)13-15-7-8-16(13)11-5-6-11;2-1-3/h1-4,7-8,11H,5-6H2,(H2,14,17);1H,(H,2,3). The molecule has 3 rings (SSSR count). The zero-order chi connectivity index (χ0) is 14.5. The van der Waals surface area contributed by atoms with Gasteiger partial charge in [0.25, 0.3) is 6.47 Å². The van der Waals surface area contributed by atoms with E-state index < -0.39 is 5.91 Å². The zero-order valence-corrected chi connectivity index (χ0v) is 10.8. The van der Waals surface area contributed by atoms with Crippen LogP contribution in [0.15, 0.2) is 36.7 Å². The van der Waals surface area contributed by atoms with E-state index in [1.54, 1.807) is 12.1 Å². The summed E-state index contributed by atoms with van der Waals surface area (Å²) in [5.41, 5.74) is 6.76. The molecule has 2 aromatic rings. The minimum absolute atomic E-state index is 0.250. The maximum Gasteiger partial charge on any atom is 0.290 e. The molecule has 0 atom stereocenters. The highest BCUT2D eigenvalue weighted by Gasteiger charge is 2.25. The van der Waals surface area contributed by atoms with Crippen molar-refractivity contribution in [2.45, 2.75) is 18.9 Å². The minimum atomic E-state index is -0.401. The van der Waals surface area contributed by atoms with Crippen LogP contribution in [0, 0.1) is 0 Å². The first-order valence-electron chi connectivity index (χ1n) is 6.18. The number of primary amides is 1. The monoisotopic (exact) mass is 273 g/mol. The summed E-state index contributed by atoms with van der Waals surface area (Å²) in [7, 11) is 0. The van der Waals surface area contributed by atoms with Gasteiger partial charge in [-0.15, -0.1) is 0 Å². The third kappa shape index (κ3) is 3.03. The van der Waals surface area contributed by atoms with Gasteiger partial charge in [-0.25, -0.2) is 4.98 Å². The number of carbonyl (C=O) groups excluding carboxylic acids is 1. The Morgan fingerprint density at radius 2 is 1.95 bits per heavy atom. The van der Waals surface area contributed by atoms with Crippen molar-refractivity contribution in [2.24, 2.45) is 5.73 Å². The van der Waals surface area contributed by atoms with E-state index in [0.717, 1.165) is 11.4 Å². The highest BCUT2D eigenvalue weighted by molar-refractivity contribution is 5.93. The lowest BCUT2D eigenvalue weighted by atomic mass is 10.1. The van der Waals surface area contributed by atoms with Crippen molar-refractivity contribution in [3.05, 3.63) is 42.2 Å². The van der Waals surface area contributed by atoms with Crippen LogP contribution in [0.25, 0.3) is 11.4 Å². The summed E-state index contributed by atoms with van der Waals surface area (Å²) in [5, 5.41) is 6.89. The summed E-state index contributed by atoms with van der Waals surface area (Å²) in [6.45, 7) is -0.250. The topological polar surface area (TPSA) is 98.2 Å². The van der Waals surface area contributed by atoms with Crippen LogP contribution in [-0.4, -0.2) is 27.0 Å². The molecule has 0 unspecified atom stereocenters. The molecule has 20 heavy (non-hydrogen) atoms. The molecule has 1 fully saturated rings. The second kappa shape index (κ2) is 6.01. The summed E-state index contributed by atoms with van der Waals surface area (Å²) in [4.78, 5) is 23.7. The number of carbonyl (C=O) groups is 2. The van der Waals surface area contributed by atoms with Crippen LogP contribution in [0.4, 0.5) is 0 Å².